The lowest BCUT2D eigenvalue weighted by Crippen LogP contribution is -2.42. The molecule has 0 bridgehead atoms. The van der Waals surface area contributed by atoms with Gasteiger partial charge < -0.3 is 24.2 Å². The fourth-order valence-corrected chi connectivity index (χ4v) is 7.18. The molecule has 3 N–H and O–H groups in total. The van der Waals surface area contributed by atoms with Crippen LogP contribution >= 0.6 is 0 Å². The Hall–Kier alpha value is -5.28. The molecule has 0 unspecified atom stereocenters. The lowest BCUT2D eigenvalue weighted by atomic mass is 10.1. The molecular weight excluding hydrogens is 861 g/mol. The van der Waals surface area contributed by atoms with Gasteiger partial charge in [-0.15, -0.1) is 0 Å². The van der Waals surface area contributed by atoms with Gasteiger partial charge >= 0.3 is 0 Å². The molecule has 0 amide bonds. The van der Waals surface area contributed by atoms with E-state index in [1.165, 1.54) is 0 Å². The van der Waals surface area contributed by atoms with Crippen LogP contribution < -0.4 is 0 Å². The standard InChI is InChI=1S/C16H25NO4SSi.C15H23NO2Si.C9H9NO2.C9H7N/c1-16(2,3)23(6,7)20-12-15(21-22(5,18)19)13-8-10-14(17-4)11-9-13;1-15(2,3)19(5,6)18-11-14(17)12-7-9-13(16-4)10-8-12;1-10-8-4-2-7(3-5-8)9(12)6-11;1-3-8-4-6-9(10-2)7-5-8/h8-11,15H,12H2,1-3,5-7H3;7-10,14,17H,11H2,1-3,5-6H3;2-5,9,11-12H,6H2;3-7H,1H2/t15-;14-;9-;/m000./s1. The van der Waals surface area contributed by atoms with Crippen molar-refractivity contribution in [2.24, 2.45) is 0 Å². The zero-order valence-corrected chi connectivity index (χ0v) is 41.8. The van der Waals surface area contributed by atoms with Gasteiger partial charge in [0.15, 0.2) is 39.4 Å². The molecule has 0 aliphatic carbocycles. The van der Waals surface area contributed by atoms with Gasteiger partial charge in [-0.3, -0.25) is 4.18 Å². The van der Waals surface area contributed by atoms with Gasteiger partial charge in [-0.1, -0.05) is 151 Å². The van der Waals surface area contributed by atoms with Crippen molar-refractivity contribution in [1.29, 1.82) is 0 Å². The molecule has 0 fully saturated rings. The molecule has 4 aromatic rings. The zero-order chi connectivity index (χ0) is 48.9. The highest BCUT2D eigenvalue weighted by molar-refractivity contribution is 7.86. The second-order valence-corrected chi connectivity index (χ2v) is 28.9. The molecule has 4 rings (SSSR count). The van der Waals surface area contributed by atoms with Crippen LogP contribution in [0.2, 0.25) is 36.3 Å². The highest BCUT2D eigenvalue weighted by atomic mass is 32.2. The summed E-state index contributed by atoms with van der Waals surface area (Å²) in [6.45, 7) is 52.5. The van der Waals surface area contributed by atoms with Crippen molar-refractivity contribution >= 4 is 55.6 Å². The number of rotatable bonds is 13. The number of nitrogens with zero attached hydrogens (tertiary/aromatic N) is 4. The van der Waals surface area contributed by atoms with Crippen LogP contribution in [0.15, 0.2) is 104 Å². The number of hydrogen-bond donors (Lipinski definition) is 3. The smallest absolute Gasteiger partial charge is 0.265 e. The first-order chi connectivity index (χ1) is 29.7. The molecule has 3 atom stereocenters. The monoisotopic (exact) mass is 924 g/mol. The van der Waals surface area contributed by atoms with Crippen molar-refractivity contribution in [3.05, 3.63) is 172 Å². The quantitative estimate of drug-likeness (QED) is 0.0684. The molecule has 342 valence electrons. The van der Waals surface area contributed by atoms with E-state index in [2.05, 4.69) is 93.7 Å². The average Bonchev–Trinajstić information content (AvgIpc) is 3.26. The molecule has 15 heteroatoms. The summed E-state index contributed by atoms with van der Waals surface area (Å²) >= 11 is 0. The Kier molecular flexibility index (Phi) is 22.9. The van der Waals surface area contributed by atoms with E-state index in [9.17, 15) is 13.5 Å². The zero-order valence-electron chi connectivity index (χ0n) is 39.0. The maximum atomic E-state index is 11.5. The van der Waals surface area contributed by atoms with Crippen LogP contribution in [-0.2, 0) is 23.2 Å². The third-order valence-electron chi connectivity index (χ3n) is 10.7. The summed E-state index contributed by atoms with van der Waals surface area (Å²) < 4.78 is 40.4. The SMILES string of the molecule is [C-]#[N+]c1ccc(C=C)cc1.[C-]#[N+]c1ccc([C@@H](O)CO)cc1.[C-]#[N+]c1ccc([C@@H](O)CO[Si](C)(C)C(C)(C)C)cc1.[C-]#[N+]c1ccc([C@H](CO[Si](C)(C)C(C)(C)C)OS(C)(=O)=O)cc1. The number of hydrogen-bond acceptors (Lipinski definition) is 8. The van der Waals surface area contributed by atoms with Gasteiger partial charge in [0.25, 0.3) is 10.1 Å². The molecule has 0 radical (unpaired) electrons. The Morgan fingerprint density at radius 2 is 0.906 bits per heavy atom. The van der Waals surface area contributed by atoms with E-state index in [0.717, 1.165) is 17.4 Å². The van der Waals surface area contributed by atoms with E-state index in [1.807, 2.05) is 12.1 Å². The number of benzene rings is 4. The van der Waals surface area contributed by atoms with Crippen LogP contribution in [0.5, 0.6) is 0 Å². The summed E-state index contributed by atoms with van der Waals surface area (Å²) in [5.74, 6) is 0. The largest absolute Gasteiger partial charge is 0.414 e. The lowest BCUT2D eigenvalue weighted by Gasteiger charge is -2.37. The molecule has 0 aliphatic rings. The van der Waals surface area contributed by atoms with Crippen LogP contribution in [0.1, 0.15) is 82.1 Å². The van der Waals surface area contributed by atoms with Gasteiger partial charge in [0.2, 0.25) is 0 Å². The van der Waals surface area contributed by atoms with Gasteiger partial charge in [0.1, 0.15) is 18.3 Å². The summed E-state index contributed by atoms with van der Waals surface area (Å²) in [5.41, 5.74) is 5.44. The first kappa shape index (κ1) is 56.7. The van der Waals surface area contributed by atoms with Gasteiger partial charge in [0.05, 0.1) is 52.4 Å². The molecule has 0 aliphatic heterocycles. The second-order valence-electron chi connectivity index (χ2n) is 17.7. The van der Waals surface area contributed by atoms with Crippen molar-refractivity contribution in [2.45, 2.75) is 96.1 Å². The fraction of sp³-hybridized carbons (Fsp3) is 0.388. The second kappa shape index (κ2) is 25.9. The van der Waals surface area contributed by atoms with Gasteiger partial charge in [-0.05, 0) is 58.5 Å². The summed E-state index contributed by atoms with van der Waals surface area (Å²) in [6.07, 6.45) is 0.603. The predicted octanol–water partition coefficient (Wildman–Crippen LogP) is 12.7. The average molecular weight is 925 g/mol. The van der Waals surface area contributed by atoms with E-state index < -0.39 is 45.1 Å². The predicted molar refractivity (Wildman–Crippen MR) is 263 cm³/mol. The first-order valence-electron chi connectivity index (χ1n) is 20.3. The normalized spacial score (nSPS) is 12.8. The topological polar surface area (TPSA) is 140 Å². The Bertz CT molecular complexity index is 2330. The van der Waals surface area contributed by atoms with Crippen molar-refractivity contribution in [2.75, 3.05) is 26.1 Å². The van der Waals surface area contributed by atoms with E-state index >= 15 is 0 Å². The summed E-state index contributed by atoms with van der Waals surface area (Å²) in [7, 11) is -7.46. The molecule has 4 aromatic carbocycles. The van der Waals surface area contributed by atoms with Gasteiger partial charge in [-0.25, -0.2) is 19.4 Å². The summed E-state index contributed by atoms with van der Waals surface area (Å²) in [6, 6.07) is 27.5. The number of aliphatic hydroxyl groups excluding tert-OH is 3. The third kappa shape index (κ3) is 20.1. The maximum Gasteiger partial charge on any atom is 0.265 e. The molecule has 0 saturated heterocycles. The minimum atomic E-state index is -3.62. The maximum absolute atomic E-state index is 11.5. The molecule has 0 spiro atoms. The van der Waals surface area contributed by atoms with E-state index in [1.54, 1.807) is 91.0 Å². The van der Waals surface area contributed by atoms with Crippen LogP contribution in [0.4, 0.5) is 22.7 Å². The Labute approximate surface area is 384 Å². The summed E-state index contributed by atoms with van der Waals surface area (Å²) in [4.78, 5) is 13.1. The summed E-state index contributed by atoms with van der Waals surface area (Å²) in [5, 5.41) is 28.1. The Morgan fingerprint density at radius 3 is 1.20 bits per heavy atom. The van der Waals surface area contributed by atoms with Gasteiger partial charge in [0, 0.05) is 0 Å². The van der Waals surface area contributed by atoms with E-state index in [-0.39, 0.29) is 23.3 Å². The van der Waals surface area contributed by atoms with Crippen LogP contribution in [-0.4, -0.2) is 66.4 Å². The van der Waals surface area contributed by atoms with Crippen molar-refractivity contribution in [1.82, 2.24) is 0 Å². The molecule has 0 heterocycles. The highest BCUT2D eigenvalue weighted by Crippen LogP contribution is 2.38. The molecule has 64 heavy (non-hydrogen) atoms. The Balaban J connectivity index is 0.000000448. The molecule has 0 aromatic heterocycles. The highest BCUT2D eigenvalue weighted by Gasteiger charge is 2.39. The van der Waals surface area contributed by atoms with Crippen LogP contribution in [0.25, 0.3) is 25.5 Å². The molecule has 12 nitrogen and oxygen atoms in total. The Morgan fingerprint density at radius 1 is 0.594 bits per heavy atom. The fourth-order valence-electron chi connectivity index (χ4n) is 4.59. The van der Waals surface area contributed by atoms with Crippen molar-refractivity contribution < 1.29 is 36.8 Å². The number of aliphatic hydroxyl groups is 3. The van der Waals surface area contributed by atoms with Gasteiger partial charge in [-0.2, -0.15) is 8.42 Å². The minimum Gasteiger partial charge on any atom is -0.414 e. The first-order valence-corrected chi connectivity index (χ1v) is 28.0. The lowest BCUT2D eigenvalue weighted by molar-refractivity contribution is 0.0956. The molecular formula is C49H64N4O8SSi2. The van der Waals surface area contributed by atoms with Crippen molar-refractivity contribution in [3.63, 3.8) is 0 Å². The molecule has 0 saturated carbocycles. The van der Waals surface area contributed by atoms with Crippen LogP contribution in [0.3, 0.4) is 0 Å². The van der Waals surface area contributed by atoms with E-state index in [0.29, 0.717) is 40.5 Å². The van der Waals surface area contributed by atoms with E-state index in [4.69, 9.17) is 49.5 Å². The van der Waals surface area contributed by atoms with Crippen LogP contribution in [0, 0.1) is 26.3 Å². The van der Waals surface area contributed by atoms with Crippen molar-refractivity contribution in [3.8, 4) is 0 Å². The minimum absolute atomic E-state index is 0.0244. The third-order valence-corrected chi connectivity index (χ3v) is 20.3.